The number of halogens is 1. The lowest BCUT2D eigenvalue weighted by atomic mass is 9.97. The van der Waals surface area contributed by atoms with Crippen molar-refractivity contribution in [1.82, 2.24) is 10.2 Å². The standard InChI is InChI=1S/C29H36FN3O4/c1-29(2,3)33(22-6-5-13-32-18-22)28(34)37-27-16-21(20-9-12-24(30)25(14-20)35-4)15-26(27)36-23-10-7-19(17-31)8-11-23/h7-12,14,21-22,26-27,32H,5-6,13,15-16,18H2,1-4H3/t21-,22-,26-,27-/m1/s1. The van der Waals surface area contributed by atoms with Crippen molar-refractivity contribution >= 4 is 6.09 Å². The van der Waals surface area contributed by atoms with Crippen molar-refractivity contribution in [2.75, 3.05) is 20.2 Å². The summed E-state index contributed by atoms with van der Waals surface area (Å²) in [6.07, 6.45) is 1.82. The Hall–Kier alpha value is -3.31. The van der Waals surface area contributed by atoms with Gasteiger partial charge in [-0.25, -0.2) is 9.18 Å². The molecule has 1 aliphatic heterocycles. The molecule has 0 aromatic heterocycles. The maximum absolute atomic E-state index is 14.1. The van der Waals surface area contributed by atoms with Gasteiger partial charge in [0.15, 0.2) is 11.6 Å². The molecule has 0 spiro atoms. The summed E-state index contributed by atoms with van der Waals surface area (Å²) in [5, 5.41) is 12.5. The van der Waals surface area contributed by atoms with Crippen LogP contribution in [0.4, 0.5) is 9.18 Å². The molecule has 0 unspecified atom stereocenters. The molecular weight excluding hydrogens is 473 g/mol. The fourth-order valence-corrected chi connectivity index (χ4v) is 5.40. The van der Waals surface area contributed by atoms with E-state index in [-0.39, 0.29) is 23.8 Å². The van der Waals surface area contributed by atoms with Crippen molar-refractivity contribution < 1.29 is 23.4 Å². The van der Waals surface area contributed by atoms with Crippen LogP contribution in [-0.4, -0.2) is 55.0 Å². The number of carbonyl (C=O) groups excluding carboxylic acids is 1. The highest BCUT2D eigenvalue weighted by Gasteiger charge is 2.43. The third-order valence-electron chi connectivity index (χ3n) is 7.17. The number of rotatable bonds is 6. The van der Waals surface area contributed by atoms with E-state index in [0.29, 0.717) is 24.2 Å². The van der Waals surface area contributed by atoms with Gasteiger partial charge < -0.3 is 19.5 Å². The highest BCUT2D eigenvalue weighted by atomic mass is 19.1. The van der Waals surface area contributed by atoms with Crippen LogP contribution in [0.2, 0.25) is 0 Å². The van der Waals surface area contributed by atoms with E-state index in [9.17, 15) is 9.18 Å². The molecular formula is C29H36FN3O4. The first-order chi connectivity index (χ1) is 17.7. The van der Waals surface area contributed by atoms with Crippen molar-refractivity contribution in [3.8, 4) is 17.6 Å². The average Bonchev–Trinajstić information content (AvgIpc) is 3.26. The number of nitrogens with zero attached hydrogens (tertiary/aromatic N) is 2. The molecule has 37 heavy (non-hydrogen) atoms. The van der Waals surface area contributed by atoms with E-state index in [4.69, 9.17) is 19.5 Å². The number of carbonyl (C=O) groups is 1. The molecule has 8 heteroatoms. The van der Waals surface area contributed by atoms with Crippen LogP contribution >= 0.6 is 0 Å². The molecule has 2 aromatic carbocycles. The molecule has 1 amide bonds. The van der Waals surface area contributed by atoms with E-state index in [2.05, 4.69) is 11.4 Å². The Balaban J connectivity index is 1.57. The normalized spacial score (nSPS) is 23.7. The van der Waals surface area contributed by atoms with Crippen molar-refractivity contribution in [3.05, 3.63) is 59.4 Å². The van der Waals surface area contributed by atoms with E-state index < -0.39 is 23.6 Å². The van der Waals surface area contributed by atoms with Crippen molar-refractivity contribution in [2.45, 2.75) is 76.2 Å². The number of hydrogen-bond acceptors (Lipinski definition) is 6. The first-order valence-electron chi connectivity index (χ1n) is 12.9. The van der Waals surface area contributed by atoms with Crippen LogP contribution in [0.25, 0.3) is 0 Å². The minimum atomic E-state index is -0.495. The third kappa shape index (κ3) is 6.34. The Morgan fingerprint density at radius 3 is 2.49 bits per heavy atom. The summed E-state index contributed by atoms with van der Waals surface area (Å²) in [6, 6.07) is 13.9. The van der Waals surface area contributed by atoms with Gasteiger partial charge in [0.2, 0.25) is 0 Å². The third-order valence-corrected chi connectivity index (χ3v) is 7.17. The van der Waals surface area contributed by atoms with Gasteiger partial charge >= 0.3 is 6.09 Å². The Kier molecular flexibility index (Phi) is 8.23. The second-order valence-corrected chi connectivity index (χ2v) is 10.8. The lowest BCUT2D eigenvalue weighted by Gasteiger charge is -2.43. The lowest BCUT2D eigenvalue weighted by molar-refractivity contribution is -0.0131. The molecule has 1 saturated carbocycles. The van der Waals surface area contributed by atoms with E-state index >= 15 is 0 Å². The highest BCUT2D eigenvalue weighted by Crippen LogP contribution is 2.40. The fourth-order valence-electron chi connectivity index (χ4n) is 5.40. The summed E-state index contributed by atoms with van der Waals surface area (Å²) in [6.45, 7) is 7.76. The average molecular weight is 510 g/mol. The van der Waals surface area contributed by atoms with Gasteiger partial charge in [-0.1, -0.05) is 6.07 Å². The number of nitriles is 1. The number of piperidine rings is 1. The molecule has 2 aromatic rings. The molecule has 198 valence electrons. The molecule has 2 fully saturated rings. The Bertz CT molecular complexity index is 1120. The predicted molar refractivity (Wildman–Crippen MR) is 138 cm³/mol. The van der Waals surface area contributed by atoms with Crippen LogP contribution < -0.4 is 14.8 Å². The van der Waals surface area contributed by atoms with Gasteiger partial charge in [-0.3, -0.25) is 4.90 Å². The van der Waals surface area contributed by atoms with E-state index in [1.54, 1.807) is 36.4 Å². The number of hydrogen-bond donors (Lipinski definition) is 1. The Morgan fingerprint density at radius 2 is 1.86 bits per heavy atom. The number of nitrogens with one attached hydrogen (secondary N) is 1. The van der Waals surface area contributed by atoms with Gasteiger partial charge in [-0.15, -0.1) is 0 Å². The SMILES string of the molecule is COc1cc([C@H]2C[C@@H](OC(=O)N([C@@H]3CCCNC3)C(C)(C)C)[C@H](Oc3ccc(C#N)cc3)C2)ccc1F. The second-order valence-electron chi connectivity index (χ2n) is 10.8. The summed E-state index contributed by atoms with van der Waals surface area (Å²) in [5.74, 6) is 0.368. The fraction of sp³-hybridized carbons (Fsp3) is 0.517. The zero-order chi connectivity index (χ0) is 26.6. The molecule has 1 aliphatic carbocycles. The van der Waals surface area contributed by atoms with Crippen molar-refractivity contribution in [1.29, 1.82) is 5.26 Å². The van der Waals surface area contributed by atoms with E-state index in [1.165, 1.54) is 13.2 Å². The molecule has 2 aliphatic rings. The van der Waals surface area contributed by atoms with Crippen LogP contribution in [0.5, 0.6) is 11.5 Å². The first-order valence-corrected chi connectivity index (χ1v) is 12.9. The maximum atomic E-state index is 14.1. The first kappa shape index (κ1) is 26.7. The Morgan fingerprint density at radius 1 is 1.14 bits per heavy atom. The maximum Gasteiger partial charge on any atom is 0.410 e. The summed E-state index contributed by atoms with van der Waals surface area (Å²) in [5.41, 5.74) is 1.04. The monoisotopic (exact) mass is 509 g/mol. The summed E-state index contributed by atoms with van der Waals surface area (Å²) in [7, 11) is 1.44. The number of amides is 1. The van der Waals surface area contributed by atoms with E-state index in [0.717, 1.165) is 31.5 Å². The van der Waals surface area contributed by atoms with Crippen molar-refractivity contribution in [2.24, 2.45) is 0 Å². The molecule has 0 bridgehead atoms. The molecule has 4 atom stereocenters. The second kappa shape index (κ2) is 11.4. The summed E-state index contributed by atoms with van der Waals surface area (Å²) in [4.78, 5) is 15.5. The van der Waals surface area contributed by atoms with Crippen LogP contribution in [0.1, 0.15) is 63.5 Å². The van der Waals surface area contributed by atoms with Gasteiger partial charge in [-0.05, 0) is 101 Å². The van der Waals surface area contributed by atoms with Crippen molar-refractivity contribution in [3.63, 3.8) is 0 Å². The molecule has 7 nitrogen and oxygen atoms in total. The zero-order valence-corrected chi connectivity index (χ0v) is 22.0. The molecule has 0 radical (unpaired) electrons. The Labute approximate surface area is 218 Å². The molecule has 4 rings (SSSR count). The highest BCUT2D eigenvalue weighted by molar-refractivity contribution is 5.69. The van der Waals surface area contributed by atoms with Crippen LogP contribution in [-0.2, 0) is 4.74 Å². The summed E-state index contributed by atoms with van der Waals surface area (Å²) < 4.78 is 31.7. The molecule has 1 N–H and O–H groups in total. The van der Waals surface area contributed by atoms with Crippen LogP contribution in [0.15, 0.2) is 42.5 Å². The quantitative estimate of drug-likeness (QED) is 0.562. The van der Waals surface area contributed by atoms with Gasteiger partial charge in [0, 0.05) is 18.1 Å². The smallest absolute Gasteiger partial charge is 0.410 e. The molecule has 1 saturated heterocycles. The largest absolute Gasteiger partial charge is 0.494 e. The minimum Gasteiger partial charge on any atom is -0.494 e. The number of ether oxygens (including phenoxy) is 3. The van der Waals surface area contributed by atoms with Crippen LogP contribution in [0.3, 0.4) is 0 Å². The van der Waals surface area contributed by atoms with Crippen LogP contribution in [0, 0.1) is 17.1 Å². The zero-order valence-electron chi connectivity index (χ0n) is 22.0. The topological polar surface area (TPSA) is 83.8 Å². The lowest BCUT2D eigenvalue weighted by Crippen LogP contribution is -2.57. The summed E-state index contributed by atoms with van der Waals surface area (Å²) >= 11 is 0. The van der Waals surface area contributed by atoms with Gasteiger partial charge in [0.1, 0.15) is 18.0 Å². The molecule has 1 heterocycles. The predicted octanol–water partition coefficient (Wildman–Crippen LogP) is 5.39. The van der Waals surface area contributed by atoms with Gasteiger partial charge in [0.05, 0.1) is 18.7 Å². The number of methoxy groups -OCH3 is 1. The van der Waals surface area contributed by atoms with E-state index in [1.807, 2.05) is 25.7 Å². The van der Waals surface area contributed by atoms with Gasteiger partial charge in [-0.2, -0.15) is 5.26 Å². The number of benzene rings is 2. The van der Waals surface area contributed by atoms with Gasteiger partial charge in [0.25, 0.3) is 0 Å². The minimum absolute atomic E-state index is 0.00452.